The molecule has 0 aliphatic heterocycles. The van der Waals surface area contributed by atoms with Gasteiger partial charge in [0.25, 0.3) is 11.5 Å². The molecular weight excluding hydrogens is 278 g/mol. The molecule has 5 nitrogen and oxygen atoms in total. The first-order chi connectivity index (χ1) is 9.47. The molecule has 0 aromatic carbocycles. The standard InChI is InChI=1S/C14H14ClN3O2/c1-8-3-4-10(6-16-8)9(2)18-13(19)11-5-12(15)14(20)17-7-11/h3-7,9H,1-2H3,(H,17,20)(H,18,19)/t9-/m1/s1. The summed E-state index contributed by atoms with van der Waals surface area (Å²) in [6.45, 7) is 3.76. The van der Waals surface area contributed by atoms with Gasteiger partial charge in [-0.15, -0.1) is 0 Å². The van der Waals surface area contributed by atoms with Crippen LogP contribution in [0.4, 0.5) is 0 Å². The van der Waals surface area contributed by atoms with Crippen LogP contribution in [0.5, 0.6) is 0 Å². The number of carbonyl (C=O) groups excluding carboxylic acids is 1. The van der Waals surface area contributed by atoms with Crippen molar-refractivity contribution in [3.8, 4) is 0 Å². The average Bonchev–Trinajstić information content (AvgIpc) is 2.42. The highest BCUT2D eigenvalue weighted by Crippen LogP contribution is 2.12. The number of halogens is 1. The third kappa shape index (κ3) is 3.24. The minimum Gasteiger partial charge on any atom is -0.345 e. The van der Waals surface area contributed by atoms with E-state index in [1.54, 1.807) is 6.20 Å². The minimum atomic E-state index is -0.418. The molecule has 1 amide bonds. The summed E-state index contributed by atoms with van der Waals surface area (Å²) in [4.78, 5) is 29.8. The lowest BCUT2D eigenvalue weighted by molar-refractivity contribution is 0.0939. The lowest BCUT2D eigenvalue weighted by Crippen LogP contribution is -2.27. The molecular formula is C14H14ClN3O2. The van der Waals surface area contributed by atoms with Crippen LogP contribution in [0.1, 0.15) is 34.6 Å². The van der Waals surface area contributed by atoms with Crippen molar-refractivity contribution in [1.82, 2.24) is 15.3 Å². The van der Waals surface area contributed by atoms with Crippen molar-refractivity contribution in [2.45, 2.75) is 19.9 Å². The monoisotopic (exact) mass is 291 g/mol. The summed E-state index contributed by atoms with van der Waals surface area (Å²) in [5.41, 5.74) is 1.71. The maximum absolute atomic E-state index is 12.0. The highest BCUT2D eigenvalue weighted by Gasteiger charge is 2.12. The highest BCUT2D eigenvalue weighted by atomic mass is 35.5. The first-order valence-electron chi connectivity index (χ1n) is 6.09. The van der Waals surface area contributed by atoms with Crippen LogP contribution >= 0.6 is 11.6 Å². The molecule has 6 heteroatoms. The Bertz CT molecular complexity index is 680. The van der Waals surface area contributed by atoms with E-state index >= 15 is 0 Å². The third-order valence-electron chi connectivity index (χ3n) is 2.90. The lowest BCUT2D eigenvalue weighted by atomic mass is 10.1. The number of aromatic amines is 1. The molecule has 104 valence electrons. The molecule has 0 saturated carbocycles. The molecule has 0 unspecified atom stereocenters. The van der Waals surface area contributed by atoms with E-state index in [9.17, 15) is 9.59 Å². The molecule has 0 bridgehead atoms. The Labute approximate surface area is 121 Å². The zero-order chi connectivity index (χ0) is 14.7. The molecule has 2 rings (SSSR count). The van der Waals surface area contributed by atoms with E-state index in [-0.39, 0.29) is 17.0 Å². The number of nitrogens with one attached hydrogen (secondary N) is 2. The van der Waals surface area contributed by atoms with Gasteiger partial charge in [-0.05, 0) is 31.5 Å². The van der Waals surface area contributed by atoms with Crippen molar-refractivity contribution in [2.75, 3.05) is 0 Å². The Morgan fingerprint density at radius 2 is 2.20 bits per heavy atom. The zero-order valence-corrected chi connectivity index (χ0v) is 11.9. The second-order valence-electron chi connectivity index (χ2n) is 4.49. The summed E-state index contributed by atoms with van der Waals surface area (Å²) >= 11 is 5.70. The normalized spacial score (nSPS) is 11.9. The zero-order valence-electron chi connectivity index (χ0n) is 11.1. The first kappa shape index (κ1) is 14.3. The van der Waals surface area contributed by atoms with Gasteiger partial charge in [0, 0.05) is 18.1 Å². The van der Waals surface area contributed by atoms with E-state index in [1.807, 2.05) is 26.0 Å². The fraction of sp³-hybridized carbons (Fsp3) is 0.214. The Hall–Kier alpha value is -2.14. The summed E-state index contributed by atoms with van der Waals surface area (Å²) in [7, 11) is 0. The Balaban J connectivity index is 2.12. The molecule has 0 aliphatic rings. The number of H-pyrrole nitrogens is 1. The second-order valence-corrected chi connectivity index (χ2v) is 4.90. The molecule has 0 aliphatic carbocycles. The van der Waals surface area contributed by atoms with Crippen LogP contribution in [0.15, 0.2) is 35.4 Å². The molecule has 1 atom stereocenters. The number of rotatable bonds is 3. The van der Waals surface area contributed by atoms with Crippen molar-refractivity contribution in [3.05, 3.63) is 62.8 Å². The van der Waals surface area contributed by atoms with E-state index < -0.39 is 5.56 Å². The fourth-order valence-corrected chi connectivity index (χ4v) is 1.86. The largest absolute Gasteiger partial charge is 0.345 e. The van der Waals surface area contributed by atoms with Gasteiger partial charge in [0.05, 0.1) is 11.6 Å². The van der Waals surface area contributed by atoms with Gasteiger partial charge in [0.1, 0.15) is 5.02 Å². The first-order valence-corrected chi connectivity index (χ1v) is 6.47. The van der Waals surface area contributed by atoms with Gasteiger partial charge < -0.3 is 10.3 Å². The van der Waals surface area contributed by atoms with E-state index in [1.165, 1.54) is 12.3 Å². The average molecular weight is 292 g/mol. The summed E-state index contributed by atoms with van der Waals surface area (Å²) in [6.07, 6.45) is 3.06. The number of carbonyl (C=O) groups is 1. The van der Waals surface area contributed by atoms with Gasteiger partial charge in [-0.3, -0.25) is 14.6 Å². The van der Waals surface area contributed by atoms with Gasteiger partial charge in [0.15, 0.2) is 0 Å². The van der Waals surface area contributed by atoms with E-state index in [0.29, 0.717) is 5.56 Å². The van der Waals surface area contributed by atoms with Crippen LogP contribution < -0.4 is 10.9 Å². The Morgan fingerprint density at radius 1 is 1.45 bits per heavy atom. The summed E-state index contributed by atoms with van der Waals surface area (Å²) < 4.78 is 0. The van der Waals surface area contributed by atoms with Gasteiger partial charge in [-0.2, -0.15) is 0 Å². The van der Waals surface area contributed by atoms with Crippen LogP contribution in [-0.4, -0.2) is 15.9 Å². The van der Waals surface area contributed by atoms with Crippen LogP contribution in [0.3, 0.4) is 0 Å². The summed E-state index contributed by atoms with van der Waals surface area (Å²) in [6, 6.07) is 4.94. The predicted molar refractivity (Wildman–Crippen MR) is 76.9 cm³/mol. The summed E-state index contributed by atoms with van der Waals surface area (Å²) in [5.74, 6) is -0.309. The number of aryl methyl sites for hydroxylation is 1. The maximum Gasteiger partial charge on any atom is 0.266 e. The topological polar surface area (TPSA) is 74.8 Å². The van der Waals surface area contributed by atoms with Crippen molar-refractivity contribution in [1.29, 1.82) is 0 Å². The van der Waals surface area contributed by atoms with Crippen LogP contribution in [0, 0.1) is 6.92 Å². The Morgan fingerprint density at radius 3 is 2.80 bits per heavy atom. The number of pyridine rings is 2. The molecule has 2 N–H and O–H groups in total. The number of hydrogen-bond donors (Lipinski definition) is 2. The van der Waals surface area contributed by atoms with E-state index in [0.717, 1.165) is 11.3 Å². The van der Waals surface area contributed by atoms with Gasteiger partial charge in [-0.25, -0.2) is 0 Å². The highest BCUT2D eigenvalue weighted by molar-refractivity contribution is 6.30. The minimum absolute atomic E-state index is 0.0118. The lowest BCUT2D eigenvalue weighted by Gasteiger charge is -2.14. The SMILES string of the molecule is Cc1ccc([C@@H](C)NC(=O)c2c[nH]c(=O)c(Cl)c2)cn1. The van der Waals surface area contributed by atoms with Crippen molar-refractivity contribution >= 4 is 17.5 Å². The van der Waals surface area contributed by atoms with E-state index in [4.69, 9.17) is 11.6 Å². The Kier molecular flexibility index (Phi) is 4.20. The van der Waals surface area contributed by atoms with Crippen molar-refractivity contribution in [2.24, 2.45) is 0 Å². The van der Waals surface area contributed by atoms with Gasteiger partial charge >= 0.3 is 0 Å². The number of amides is 1. The number of hydrogen-bond acceptors (Lipinski definition) is 3. The van der Waals surface area contributed by atoms with Crippen molar-refractivity contribution < 1.29 is 4.79 Å². The quantitative estimate of drug-likeness (QED) is 0.910. The van der Waals surface area contributed by atoms with Crippen molar-refractivity contribution in [3.63, 3.8) is 0 Å². The molecule has 2 aromatic heterocycles. The smallest absolute Gasteiger partial charge is 0.266 e. The third-order valence-corrected chi connectivity index (χ3v) is 3.18. The van der Waals surface area contributed by atoms with Gasteiger partial charge in [-0.1, -0.05) is 17.7 Å². The molecule has 0 spiro atoms. The van der Waals surface area contributed by atoms with Crippen LogP contribution in [-0.2, 0) is 0 Å². The number of nitrogens with zero attached hydrogens (tertiary/aromatic N) is 1. The van der Waals surface area contributed by atoms with Crippen LogP contribution in [0.2, 0.25) is 5.02 Å². The van der Waals surface area contributed by atoms with Crippen LogP contribution in [0.25, 0.3) is 0 Å². The molecule has 2 aromatic rings. The van der Waals surface area contributed by atoms with E-state index in [2.05, 4.69) is 15.3 Å². The summed E-state index contributed by atoms with van der Waals surface area (Å²) in [5, 5.41) is 2.81. The molecule has 2 heterocycles. The van der Waals surface area contributed by atoms with Gasteiger partial charge in [0.2, 0.25) is 0 Å². The molecule has 0 saturated heterocycles. The fourth-order valence-electron chi connectivity index (χ4n) is 1.69. The molecule has 20 heavy (non-hydrogen) atoms. The second kappa shape index (κ2) is 5.88. The maximum atomic E-state index is 12.0. The molecule has 0 radical (unpaired) electrons. The molecule has 0 fully saturated rings. The predicted octanol–water partition coefficient (Wildman–Crippen LogP) is 2.22. The number of aromatic nitrogens is 2.